The first kappa shape index (κ1) is 22.0. The Morgan fingerprint density at radius 3 is 2.67 bits per heavy atom. The van der Waals surface area contributed by atoms with E-state index in [1.54, 1.807) is 24.3 Å². The van der Waals surface area contributed by atoms with E-state index in [1.807, 2.05) is 18.2 Å². The van der Waals surface area contributed by atoms with Gasteiger partial charge in [-0.3, -0.25) is 14.9 Å². The monoisotopic (exact) mass is 441 g/mol. The number of amides is 1. The first-order chi connectivity index (χ1) is 15.9. The van der Waals surface area contributed by atoms with Crippen molar-refractivity contribution in [2.24, 2.45) is 0 Å². The summed E-state index contributed by atoms with van der Waals surface area (Å²) in [5, 5.41) is 13.6. The molecule has 0 spiro atoms. The number of carbonyl (C=O) groups excluding carboxylic acids is 1. The minimum Gasteiger partial charge on any atom is -0.436 e. The Hall–Kier alpha value is -4.26. The fraction of sp³-hybridized carbons (Fsp3) is 0.154. The van der Waals surface area contributed by atoms with E-state index >= 15 is 0 Å². The predicted octanol–water partition coefficient (Wildman–Crippen LogP) is 6.57. The number of nitrogens with zero attached hydrogens (tertiary/aromatic N) is 2. The molecule has 7 heteroatoms. The van der Waals surface area contributed by atoms with Gasteiger partial charge in [-0.25, -0.2) is 4.98 Å². The fourth-order valence-electron chi connectivity index (χ4n) is 3.40. The van der Waals surface area contributed by atoms with Crippen molar-refractivity contribution < 1.29 is 14.1 Å². The lowest BCUT2D eigenvalue weighted by molar-refractivity contribution is -0.384. The number of anilines is 1. The van der Waals surface area contributed by atoms with Gasteiger partial charge in [-0.2, -0.15) is 0 Å². The summed E-state index contributed by atoms with van der Waals surface area (Å²) >= 11 is 0. The Kier molecular flexibility index (Phi) is 6.31. The number of fused-ring (bicyclic) bond motifs is 1. The first-order valence-electron chi connectivity index (χ1n) is 10.7. The van der Waals surface area contributed by atoms with Crippen molar-refractivity contribution in [3.05, 3.63) is 94.0 Å². The van der Waals surface area contributed by atoms with Crippen LogP contribution in [0.25, 0.3) is 28.6 Å². The second kappa shape index (κ2) is 9.48. The van der Waals surface area contributed by atoms with Gasteiger partial charge in [-0.15, -0.1) is 0 Å². The number of benzene rings is 3. The molecule has 1 aromatic heterocycles. The molecule has 7 nitrogen and oxygen atoms in total. The van der Waals surface area contributed by atoms with E-state index in [-0.39, 0.29) is 11.6 Å². The molecule has 0 fully saturated rings. The smallest absolute Gasteiger partial charge is 0.270 e. The molecule has 1 unspecified atom stereocenters. The van der Waals surface area contributed by atoms with Crippen LogP contribution in [0.5, 0.6) is 0 Å². The number of nitrogens with one attached hydrogen (secondary N) is 1. The van der Waals surface area contributed by atoms with E-state index in [0.29, 0.717) is 23.1 Å². The molecule has 0 radical (unpaired) electrons. The highest BCUT2D eigenvalue weighted by Crippen LogP contribution is 2.28. The lowest BCUT2D eigenvalue weighted by atomic mass is 9.98. The highest BCUT2D eigenvalue weighted by molar-refractivity contribution is 6.02. The zero-order chi connectivity index (χ0) is 23.4. The molecular formula is C26H23N3O4. The van der Waals surface area contributed by atoms with Crippen LogP contribution in [0, 0.1) is 10.1 Å². The van der Waals surface area contributed by atoms with Gasteiger partial charge in [0, 0.05) is 29.5 Å². The highest BCUT2D eigenvalue weighted by Gasteiger charge is 2.11. The molecule has 0 aliphatic heterocycles. The van der Waals surface area contributed by atoms with Crippen molar-refractivity contribution >= 4 is 34.5 Å². The molecule has 1 N–H and O–H groups in total. The van der Waals surface area contributed by atoms with Crippen LogP contribution in [0.3, 0.4) is 0 Å². The fourth-order valence-corrected chi connectivity index (χ4v) is 3.40. The number of nitro benzene ring substituents is 1. The topological polar surface area (TPSA) is 98.3 Å². The number of oxazole rings is 1. The summed E-state index contributed by atoms with van der Waals surface area (Å²) in [6.45, 7) is 4.35. The van der Waals surface area contributed by atoms with Crippen molar-refractivity contribution in [2.45, 2.75) is 26.2 Å². The zero-order valence-electron chi connectivity index (χ0n) is 18.3. The summed E-state index contributed by atoms with van der Waals surface area (Å²) < 4.78 is 5.90. The molecule has 4 aromatic rings. The summed E-state index contributed by atoms with van der Waals surface area (Å²) in [6.07, 6.45) is 3.93. The van der Waals surface area contributed by atoms with Crippen LogP contribution in [0.1, 0.15) is 37.3 Å². The van der Waals surface area contributed by atoms with E-state index in [9.17, 15) is 14.9 Å². The Morgan fingerprint density at radius 2 is 1.94 bits per heavy atom. The van der Waals surface area contributed by atoms with Gasteiger partial charge in [0.25, 0.3) is 5.69 Å². The predicted molar refractivity (Wildman–Crippen MR) is 129 cm³/mol. The van der Waals surface area contributed by atoms with Gasteiger partial charge in [0.05, 0.1) is 4.92 Å². The lowest BCUT2D eigenvalue weighted by Gasteiger charge is -2.07. The third-order valence-electron chi connectivity index (χ3n) is 5.50. The third-order valence-corrected chi connectivity index (χ3v) is 5.50. The lowest BCUT2D eigenvalue weighted by Crippen LogP contribution is -2.07. The second-order valence-corrected chi connectivity index (χ2v) is 7.81. The number of non-ortho nitro benzene ring substituents is 1. The molecule has 166 valence electrons. The molecule has 33 heavy (non-hydrogen) atoms. The van der Waals surface area contributed by atoms with Crippen LogP contribution < -0.4 is 5.32 Å². The maximum Gasteiger partial charge on any atom is 0.270 e. The molecule has 0 aliphatic rings. The van der Waals surface area contributed by atoms with E-state index in [2.05, 4.69) is 36.3 Å². The minimum atomic E-state index is -0.472. The van der Waals surface area contributed by atoms with Crippen LogP contribution in [-0.4, -0.2) is 15.8 Å². The molecule has 3 aromatic carbocycles. The summed E-state index contributed by atoms with van der Waals surface area (Å²) in [4.78, 5) is 27.2. The van der Waals surface area contributed by atoms with Gasteiger partial charge < -0.3 is 9.73 Å². The Balaban J connectivity index is 1.44. The Labute approximate surface area is 190 Å². The van der Waals surface area contributed by atoms with Gasteiger partial charge in [0.15, 0.2) is 5.58 Å². The minimum absolute atomic E-state index is 0.0246. The number of hydrogen-bond donors (Lipinski definition) is 1. The van der Waals surface area contributed by atoms with Crippen molar-refractivity contribution in [3.63, 3.8) is 0 Å². The maximum atomic E-state index is 12.2. The maximum absolute atomic E-state index is 12.2. The SMILES string of the molecule is CCC(C)c1ccc2oc(-c3ccc(NC(=O)C=Cc4cccc([N+](=O)[O-])c4)cc3)nc2c1. The molecule has 1 heterocycles. The zero-order valence-corrected chi connectivity index (χ0v) is 18.3. The van der Waals surface area contributed by atoms with Crippen LogP contribution >= 0.6 is 0 Å². The standard InChI is InChI=1S/C26H23N3O4/c1-3-17(2)20-10-13-24-23(16-20)28-26(33-24)19-8-11-21(12-9-19)27-25(30)14-7-18-5-4-6-22(15-18)29(31)32/h4-17H,3H2,1-2H3,(H,27,30). The summed E-state index contributed by atoms with van der Waals surface area (Å²) in [5.74, 6) is 0.645. The quantitative estimate of drug-likeness (QED) is 0.199. The molecule has 1 atom stereocenters. The van der Waals surface area contributed by atoms with Gasteiger partial charge >= 0.3 is 0 Å². The summed E-state index contributed by atoms with van der Waals surface area (Å²) in [5.41, 5.74) is 4.77. The number of hydrogen-bond acceptors (Lipinski definition) is 5. The van der Waals surface area contributed by atoms with Gasteiger partial charge in [-0.1, -0.05) is 32.0 Å². The van der Waals surface area contributed by atoms with Crippen molar-refractivity contribution in [1.29, 1.82) is 0 Å². The first-order valence-corrected chi connectivity index (χ1v) is 10.7. The summed E-state index contributed by atoms with van der Waals surface area (Å²) in [7, 11) is 0. The van der Waals surface area contributed by atoms with Gasteiger partial charge in [0.1, 0.15) is 5.52 Å². The molecule has 0 aliphatic carbocycles. The van der Waals surface area contributed by atoms with Crippen molar-refractivity contribution in [3.8, 4) is 11.5 Å². The number of rotatable bonds is 7. The molecular weight excluding hydrogens is 418 g/mol. The van der Waals surface area contributed by atoms with E-state index < -0.39 is 4.92 Å². The number of aromatic nitrogens is 1. The van der Waals surface area contributed by atoms with Gasteiger partial charge in [-0.05, 0) is 65.9 Å². The van der Waals surface area contributed by atoms with Crippen LogP contribution in [0.2, 0.25) is 0 Å². The molecule has 0 saturated heterocycles. The molecule has 0 saturated carbocycles. The third kappa shape index (κ3) is 5.15. The molecule has 0 bridgehead atoms. The van der Waals surface area contributed by atoms with Gasteiger partial charge in [0.2, 0.25) is 11.8 Å². The Morgan fingerprint density at radius 1 is 1.15 bits per heavy atom. The normalized spacial score (nSPS) is 12.2. The van der Waals surface area contributed by atoms with Crippen molar-refractivity contribution in [1.82, 2.24) is 4.98 Å². The van der Waals surface area contributed by atoms with E-state index in [0.717, 1.165) is 23.1 Å². The molecule has 1 amide bonds. The Bertz CT molecular complexity index is 1340. The highest BCUT2D eigenvalue weighted by atomic mass is 16.6. The number of nitro groups is 1. The van der Waals surface area contributed by atoms with E-state index in [1.165, 1.54) is 29.8 Å². The number of carbonyl (C=O) groups is 1. The van der Waals surface area contributed by atoms with Crippen molar-refractivity contribution in [2.75, 3.05) is 5.32 Å². The van der Waals surface area contributed by atoms with Crippen LogP contribution in [0.15, 0.2) is 77.2 Å². The second-order valence-electron chi connectivity index (χ2n) is 7.81. The van der Waals surface area contributed by atoms with E-state index in [4.69, 9.17) is 4.42 Å². The average Bonchev–Trinajstić information content (AvgIpc) is 3.26. The average molecular weight is 441 g/mol. The van der Waals surface area contributed by atoms with Crippen LogP contribution in [0.4, 0.5) is 11.4 Å². The van der Waals surface area contributed by atoms with Crippen LogP contribution in [-0.2, 0) is 4.79 Å². The largest absolute Gasteiger partial charge is 0.436 e. The summed E-state index contributed by atoms with van der Waals surface area (Å²) in [6, 6.07) is 19.4. The molecule has 4 rings (SSSR count).